The number of nitrogens with zero attached hydrogens (tertiary/aromatic N) is 6. The standard InChI is InChI=1S/C23H26ClF2N7O2S/c24-18-14-27-22(36-18)28-21(34)19(17-5-6-23(25,26)13-17)15-1-3-16(4-2-15)20-29-31-33(30-20)8-7-32-9-11-35-12-10-32/h1-4,14,17,19H,5-13H2,(H,27,28,34). The summed E-state index contributed by atoms with van der Waals surface area (Å²) in [5.41, 5.74) is 1.39. The van der Waals surface area contributed by atoms with Gasteiger partial charge in [0.25, 0.3) is 0 Å². The highest BCUT2D eigenvalue weighted by Crippen LogP contribution is 2.46. The number of carbonyl (C=O) groups excluding carboxylic acids is 1. The lowest BCUT2D eigenvalue weighted by Crippen LogP contribution is -2.38. The molecule has 2 atom stereocenters. The maximum Gasteiger partial charge on any atom is 0.248 e. The van der Waals surface area contributed by atoms with Gasteiger partial charge in [0.05, 0.1) is 31.9 Å². The van der Waals surface area contributed by atoms with Gasteiger partial charge in [0.15, 0.2) is 5.13 Å². The molecule has 3 aromatic rings. The molecule has 13 heteroatoms. The number of ether oxygens (including phenoxy) is 1. The van der Waals surface area contributed by atoms with E-state index in [0.717, 1.165) is 49.7 Å². The smallest absolute Gasteiger partial charge is 0.248 e. The van der Waals surface area contributed by atoms with E-state index in [2.05, 4.69) is 30.6 Å². The molecular weight excluding hydrogens is 512 g/mol. The Bertz CT molecular complexity index is 1180. The number of tetrazole rings is 1. The van der Waals surface area contributed by atoms with Gasteiger partial charge in [-0.1, -0.05) is 47.2 Å². The van der Waals surface area contributed by atoms with Crippen LogP contribution in [-0.4, -0.2) is 74.8 Å². The first kappa shape index (κ1) is 25.1. The van der Waals surface area contributed by atoms with E-state index in [0.29, 0.717) is 27.4 Å². The van der Waals surface area contributed by atoms with Gasteiger partial charge in [0, 0.05) is 38.0 Å². The van der Waals surface area contributed by atoms with Gasteiger partial charge in [-0.25, -0.2) is 13.8 Å². The monoisotopic (exact) mass is 537 g/mol. The zero-order valence-corrected chi connectivity index (χ0v) is 21.0. The largest absolute Gasteiger partial charge is 0.379 e. The summed E-state index contributed by atoms with van der Waals surface area (Å²) in [6, 6.07) is 7.15. The number of hydrogen-bond donors (Lipinski definition) is 1. The molecule has 2 aliphatic rings. The van der Waals surface area contributed by atoms with Crippen LogP contribution in [0.3, 0.4) is 0 Å². The van der Waals surface area contributed by atoms with E-state index in [-0.39, 0.29) is 25.2 Å². The summed E-state index contributed by atoms with van der Waals surface area (Å²) in [6.45, 7) is 4.67. The minimum atomic E-state index is -2.77. The Kier molecular flexibility index (Phi) is 7.56. The average Bonchev–Trinajstić information content (AvgIpc) is 3.59. The zero-order chi connectivity index (χ0) is 25.1. The summed E-state index contributed by atoms with van der Waals surface area (Å²) < 4.78 is 33.9. The van der Waals surface area contributed by atoms with Gasteiger partial charge in [0.2, 0.25) is 17.7 Å². The second kappa shape index (κ2) is 10.8. The molecule has 1 aliphatic heterocycles. The van der Waals surface area contributed by atoms with Gasteiger partial charge in [-0.05, 0) is 23.1 Å². The first-order valence-corrected chi connectivity index (χ1v) is 13.0. The Hall–Kier alpha value is -2.54. The second-order valence-corrected chi connectivity index (χ2v) is 10.7. The van der Waals surface area contributed by atoms with Crippen LogP contribution in [0, 0.1) is 5.92 Å². The third kappa shape index (κ3) is 6.05. The van der Waals surface area contributed by atoms with Crippen molar-refractivity contribution in [1.82, 2.24) is 30.1 Å². The molecule has 1 saturated carbocycles. The number of rotatable bonds is 8. The number of morpholine rings is 1. The van der Waals surface area contributed by atoms with Crippen molar-refractivity contribution in [2.45, 2.75) is 37.6 Å². The lowest BCUT2D eigenvalue weighted by molar-refractivity contribution is -0.118. The van der Waals surface area contributed by atoms with Crippen molar-refractivity contribution >= 4 is 34.0 Å². The van der Waals surface area contributed by atoms with E-state index in [1.54, 1.807) is 29.1 Å². The fourth-order valence-electron chi connectivity index (χ4n) is 4.75. The van der Waals surface area contributed by atoms with E-state index in [1.165, 1.54) is 6.20 Å². The van der Waals surface area contributed by atoms with Gasteiger partial charge in [-0.3, -0.25) is 9.69 Å². The maximum absolute atomic E-state index is 14.0. The highest BCUT2D eigenvalue weighted by molar-refractivity contribution is 7.19. The van der Waals surface area contributed by atoms with Crippen LogP contribution in [-0.2, 0) is 16.1 Å². The van der Waals surface area contributed by atoms with Crippen LogP contribution in [0.15, 0.2) is 30.5 Å². The van der Waals surface area contributed by atoms with E-state index in [4.69, 9.17) is 16.3 Å². The van der Waals surface area contributed by atoms with E-state index in [1.807, 2.05) is 0 Å². The van der Waals surface area contributed by atoms with Crippen molar-refractivity contribution in [2.75, 3.05) is 38.2 Å². The Balaban J connectivity index is 1.30. The molecule has 1 amide bonds. The van der Waals surface area contributed by atoms with Crippen molar-refractivity contribution < 1.29 is 18.3 Å². The molecule has 0 radical (unpaired) electrons. The molecule has 3 heterocycles. The van der Waals surface area contributed by atoms with E-state index >= 15 is 0 Å². The fraction of sp³-hybridized carbons (Fsp3) is 0.522. The zero-order valence-electron chi connectivity index (χ0n) is 19.4. The summed E-state index contributed by atoms with van der Waals surface area (Å²) in [5, 5.41) is 15.9. The quantitative estimate of drug-likeness (QED) is 0.465. The minimum absolute atomic E-state index is 0.222. The van der Waals surface area contributed by atoms with Gasteiger partial charge < -0.3 is 10.1 Å². The Morgan fingerprint density at radius 2 is 2.03 bits per heavy atom. The summed E-state index contributed by atoms with van der Waals surface area (Å²) in [5.74, 6) is -3.90. The van der Waals surface area contributed by atoms with Crippen molar-refractivity contribution in [3.05, 3.63) is 40.4 Å². The number of benzene rings is 1. The SMILES string of the molecule is O=C(Nc1ncc(Cl)s1)C(c1ccc(-c2nnn(CCN3CCOCC3)n2)cc1)C1CCC(F)(F)C1. The molecule has 1 aliphatic carbocycles. The van der Waals surface area contributed by atoms with Crippen LogP contribution in [0.5, 0.6) is 0 Å². The highest BCUT2D eigenvalue weighted by atomic mass is 35.5. The van der Waals surface area contributed by atoms with Crippen molar-refractivity contribution in [3.63, 3.8) is 0 Å². The average molecular weight is 538 g/mol. The number of anilines is 1. The third-order valence-electron chi connectivity index (χ3n) is 6.60. The van der Waals surface area contributed by atoms with Crippen LogP contribution >= 0.6 is 22.9 Å². The third-order valence-corrected chi connectivity index (χ3v) is 7.63. The van der Waals surface area contributed by atoms with Gasteiger partial charge >= 0.3 is 0 Å². The topological polar surface area (TPSA) is 98.1 Å². The van der Waals surface area contributed by atoms with Gasteiger partial charge in [0.1, 0.15) is 4.34 Å². The molecule has 1 aromatic carbocycles. The van der Waals surface area contributed by atoms with Crippen LogP contribution in [0.4, 0.5) is 13.9 Å². The van der Waals surface area contributed by atoms with E-state index in [9.17, 15) is 13.6 Å². The summed E-state index contributed by atoms with van der Waals surface area (Å²) in [4.78, 5) is 21.1. The normalized spacial score (nSPS) is 20.9. The lowest BCUT2D eigenvalue weighted by Gasteiger charge is -2.25. The first-order valence-electron chi connectivity index (χ1n) is 11.8. The number of nitrogens with one attached hydrogen (secondary N) is 1. The Morgan fingerprint density at radius 1 is 1.25 bits per heavy atom. The number of aromatic nitrogens is 5. The molecule has 36 heavy (non-hydrogen) atoms. The predicted molar refractivity (Wildman–Crippen MR) is 131 cm³/mol. The summed E-state index contributed by atoms with van der Waals surface area (Å²) in [7, 11) is 0. The molecule has 9 nitrogen and oxygen atoms in total. The van der Waals surface area contributed by atoms with Gasteiger partial charge in [-0.2, -0.15) is 4.80 Å². The second-order valence-electron chi connectivity index (χ2n) is 9.08. The molecular formula is C23H26ClF2N7O2S. The molecule has 2 unspecified atom stereocenters. The molecule has 5 rings (SSSR count). The fourth-order valence-corrected chi connectivity index (χ4v) is 5.57. The van der Waals surface area contributed by atoms with Crippen LogP contribution in [0.25, 0.3) is 11.4 Å². The number of carbonyl (C=O) groups is 1. The summed E-state index contributed by atoms with van der Waals surface area (Å²) >= 11 is 7.05. The van der Waals surface area contributed by atoms with Crippen LogP contribution in [0.2, 0.25) is 4.34 Å². The highest BCUT2D eigenvalue weighted by Gasteiger charge is 2.45. The van der Waals surface area contributed by atoms with Gasteiger partial charge in [-0.15, -0.1) is 10.2 Å². The lowest BCUT2D eigenvalue weighted by atomic mass is 9.83. The minimum Gasteiger partial charge on any atom is -0.379 e. The van der Waals surface area contributed by atoms with Crippen molar-refractivity contribution in [2.24, 2.45) is 5.92 Å². The molecule has 0 bridgehead atoms. The number of halogens is 3. The number of thiazole rings is 1. The number of alkyl halides is 2. The molecule has 192 valence electrons. The maximum atomic E-state index is 14.0. The molecule has 0 spiro atoms. The Morgan fingerprint density at radius 3 is 2.69 bits per heavy atom. The van der Waals surface area contributed by atoms with Crippen molar-refractivity contribution in [1.29, 1.82) is 0 Å². The molecule has 2 fully saturated rings. The molecule has 1 N–H and O–H groups in total. The molecule has 1 saturated heterocycles. The molecule has 2 aromatic heterocycles. The van der Waals surface area contributed by atoms with E-state index < -0.39 is 17.8 Å². The van der Waals surface area contributed by atoms with Crippen LogP contribution < -0.4 is 5.32 Å². The first-order chi connectivity index (χ1) is 17.4. The number of amides is 1. The summed E-state index contributed by atoms with van der Waals surface area (Å²) in [6.07, 6.45) is 1.16. The predicted octanol–water partition coefficient (Wildman–Crippen LogP) is 3.94. The van der Waals surface area contributed by atoms with Crippen LogP contribution in [0.1, 0.15) is 30.7 Å². The Labute approximate surface area is 215 Å². The number of hydrogen-bond acceptors (Lipinski definition) is 8. The van der Waals surface area contributed by atoms with Crippen molar-refractivity contribution in [3.8, 4) is 11.4 Å².